The van der Waals surface area contributed by atoms with Gasteiger partial charge in [-0.1, -0.05) is 18.2 Å². The van der Waals surface area contributed by atoms with Crippen LogP contribution >= 0.6 is 0 Å². The van der Waals surface area contributed by atoms with Crippen molar-refractivity contribution in [2.24, 2.45) is 0 Å². The highest BCUT2D eigenvalue weighted by atomic mass is 16.5. The molecule has 0 saturated carbocycles. The van der Waals surface area contributed by atoms with Gasteiger partial charge in [0, 0.05) is 43.2 Å². The molecule has 1 saturated heterocycles. The number of nitrogens with zero attached hydrogens (tertiary/aromatic N) is 3. The van der Waals surface area contributed by atoms with Gasteiger partial charge in [-0.3, -0.25) is 9.59 Å². The number of piperidine rings is 1. The van der Waals surface area contributed by atoms with Gasteiger partial charge in [0.05, 0.1) is 12.6 Å². The second-order valence-corrected chi connectivity index (χ2v) is 9.03. The molecule has 2 amide bonds. The number of methoxy groups -OCH3 is 1. The summed E-state index contributed by atoms with van der Waals surface area (Å²) < 4.78 is 7.45. The number of nitrogens with one attached hydrogen (secondary N) is 1. The van der Waals surface area contributed by atoms with Gasteiger partial charge < -0.3 is 19.5 Å². The molecular weight excluding hydrogens is 428 g/mol. The lowest BCUT2D eigenvalue weighted by Crippen LogP contribution is -2.46. The third-order valence-electron chi connectivity index (χ3n) is 6.53. The van der Waals surface area contributed by atoms with Crippen LogP contribution in [0.1, 0.15) is 58.7 Å². The maximum atomic E-state index is 13.1. The molecule has 2 aromatic rings. The Labute approximate surface area is 202 Å². The number of ether oxygens (including phenoxy) is 1. The Balaban J connectivity index is 1.65. The lowest BCUT2D eigenvalue weighted by atomic mass is 10.0. The van der Waals surface area contributed by atoms with E-state index >= 15 is 0 Å². The zero-order valence-electron chi connectivity index (χ0n) is 20.7. The fraction of sp³-hybridized carbons (Fsp3) is 0.444. The van der Waals surface area contributed by atoms with Crippen molar-refractivity contribution >= 4 is 17.9 Å². The second kappa shape index (κ2) is 11.2. The Bertz CT molecular complexity index is 1120. The topological polar surface area (TPSA) is 87.4 Å². The van der Waals surface area contributed by atoms with Crippen molar-refractivity contribution in [2.75, 3.05) is 26.8 Å². The average Bonchev–Trinajstić information content (AvgIpc) is 3.10. The molecule has 1 N–H and O–H groups in total. The lowest BCUT2D eigenvalue weighted by Gasteiger charge is -2.32. The summed E-state index contributed by atoms with van der Waals surface area (Å²) in [5.41, 5.74) is 4.66. The monoisotopic (exact) mass is 462 g/mol. The number of benzene rings is 1. The number of rotatable bonds is 7. The summed E-state index contributed by atoms with van der Waals surface area (Å²) in [6.45, 7) is 9.59. The number of hydrogen-bond acceptors (Lipinski definition) is 4. The maximum absolute atomic E-state index is 13.1. The highest BCUT2D eigenvalue weighted by Gasteiger charge is 2.26. The van der Waals surface area contributed by atoms with Crippen LogP contribution in [0.25, 0.3) is 6.08 Å². The van der Waals surface area contributed by atoms with Crippen molar-refractivity contribution in [2.45, 2.75) is 52.6 Å². The smallest absolute Gasteiger partial charge is 0.264 e. The van der Waals surface area contributed by atoms with Crippen LogP contribution in [-0.4, -0.2) is 54.1 Å². The molecule has 1 aliphatic rings. The van der Waals surface area contributed by atoms with Crippen molar-refractivity contribution in [3.63, 3.8) is 0 Å². The minimum atomic E-state index is -0.263. The first-order valence-electron chi connectivity index (χ1n) is 11.7. The minimum Gasteiger partial charge on any atom is -0.383 e. The molecule has 1 aromatic heterocycles. The van der Waals surface area contributed by atoms with Crippen LogP contribution in [0.15, 0.2) is 35.9 Å². The van der Waals surface area contributed by atoms with Gasteiger partial charge >= 0.3 is 0 Å². The predicted molar refractivity (Wildman–Crippen MR) is 132 cm³/mol. The number of nitriles is 1. The zero-order chi connectivity index (χ0) is 24.8. The number of aryl methyl sites for hydroxylation is 2. The lowest BCUT2D eigenvalue weighted by molar-refractivity contribution is -0.127. The van der Waals surface area contributed by atoms with E-state index in [0.717, 1.165) is 22.5 Å². The Hall–Kier alpha value is -3.37. The standard InChI is InChI=1S/C27H34N4O3/c1-18-8-6-7-9-25(18)26(32)29-24-10-12-30(13-11-24)27(33)23(16-28)15-22-14-19(2)31(21(22)4)20(3)17-34-5/h6-9,14-15,20,24H,10-13,17H2,1-5H3,(H,29,32)/b23-15-. The zero-order valence-corrected chi connectivity index (χ0v) is 20.7. The van der Waals surface area contributed by atoms with Crippen molar-refractivity contribution in [1.82, 2.24) is 14.8 Å². The summed E-state index contributed by atoms with van der Waals surface area (Å²) in [5, 5.41) is 12.8. The molecule has 1 unspecified atom stereocenters. The molecule has 1 fully saturated rings. The van der Waals surface area contributed by atoms with Crippen LogP contribution in [-0.2, 0) is 9.53 Å². The summed E-state index contributed by atoms with van der Waals surface area (Å²) in [4.78, 5) is 27.4. The molecule has 7 nitrogen and oxygen atoms in total. The number of amides is 2. The number of carbonyl (C=O) groups excluding carboxylic acids is 2. The highest BCUT2D eigenvalue weighted by Crippen LogP contribution is 2.24. The maximum Gasteiger partial charge on any atom is 0.264 e. The van der Waals surface area contributed by atoms with Crippen LogP contribution < -0.4 is 5.32 Å². The molecule has 3 rings (SSSR count). The predicted octanol–water partition coefficient (Wildman–Crippen LogP) is 3.95. The molecule has 34 heavy (non-hydrogen) atoms. The first kappa shape index (κ1) is 25.3. The van der Waals surface area contributed by atoms with E-state index < -0.39 is 0 Å². The first-order chi connectivity index (χ1) is 16.3. The second-order valence-electron chi connectivity index (χ2n) is 9.03. The van der Waals surface area contributed by atoms with Crippen molar-refractivity contribution in [3.8, 4) is 6.07 Å². The van der Waals surface area contributed by atoms with Gasteiger partial charge in [-0.05, 0) is 69.9 Å². The van der Waals surface area contributed by atoms with Gasteiger partial charge in [-0.15, -0.1) is 0 Å². The van der Waals surface area contributed by atoms with E-state index in [-0.39, 0.29) is 29.5 Å². The van der Waals surface area contributed by atoms with Gasteiger partial charge in [0.1, 0.15) is 11.6 Å². The fourth-order valence-corrected chi connectivity index (χ4v) is 4.73. The van der Waals surface area contributed by atoms with E-state index in [2.05, 4.69) is 22.9 Å². The van der Waals surface area contributed by atoms with Crippen molar-refractivity contribution in [1.29, 1.82) is 5.26 Å². The molecule has 2 heterocycles. The molecule has 0 bridgehead atoms. The molecule has 0 spiro atoms. The minimum absolute atomic E-state index is 0.00636. The van der Waals surface area contributed by atoms with E-state index in [0.29, 0.717) is 38.1 Å². The molecule has 7 heteroatoms. The van der Waals surface area contributed by atoms with Gasteiger partial charge in [0.25, 0.3) is 11.8 Å². The van der Waals surface area contributed by atoms with Crippen LogP contribution in [0.5, 0.6) is 0 Å². The Kier molecular flexibility index (Phi) is 8.30. The largest absolute Gasteiger partial charge is 0.383 e. The summed E-state index contributed by atoms with van der Waals surface area (Å²) in [6.07, 6.45) is 3.00. The quantitative estimate of drug-likeness (QED) is 0.499. The van der Waals surface area contributed by atoms with E-state index in [4.69, 9.17) is 4.74 Å². The van der Waals surface area contributed by atoms with Crippen LogP contribution in [0.3, 0.4) is 0 Å². The van der Waals surface area contributed by atoms with Gasteiger partial charge in [0.2, 0.25) is 0 Å². The Morgan fingerprint density at radius 1 is 1.24 bits per heavy atom. The summed E-state index contributed by atoms with van der Waals surface area (Å²) >= 11 is 0. The number of likely N-dealkylation sites (tertiary alicyclic amines) is 1. The van der Waals surface area contributed by atoms with Crippen molar-refractivity contribution < 1.29 is 14.3 Å². The molecule has 180 valence electrons. The molecule has 1 aliphatic heterocycles. The third-order valence-corrected chi connectivity index (χ3v) is 6.53. The van der Waals surface area contributed by atoms with Crippen molar-refractivity contribution in [3.05, 3.63) is 64.0 Å². The third kappa shape index (κ3) is 5.57. The number of carbonyl (C=O) groups is 2. The highest BCUT2D eigenvalue weighted by molar-refractivity contribution is 6.02. The van der Waals surface area contributed by atoms with Crippen LogP contribution in [0.4, 0.5) is 0 Å². The number of aromatic nitrogens is 1. The Morgan fingerprint density at radius 3 is 2.53 bits per heavy atom. The van der Waals surface area contributed by atoms with E-state index in [1.54, 1.807) is 18.1 Å². The molecule has 1 atom stereocenters. The van der Waals surface area contributed by atoms with E-state index in [9.17, 15) is 14.9 Å². The molecule has 1 aromatic carbocycles. The molecule has 0 aliphatic carbocycles. The SMILES string of the molecule is COCC(C)n1c(C)cc(/C=C(/C#N)C(=O)N2CCC(NC(=O)c3ccccc3C)CC2)c1C. The Morgan fingerprint density at radius 2 is 1.91 bits per heavy atom. The van der Waals surface area contributed by atoms with Crippen LogP contribution in [0.2, 0.25) is 0 Å². The van der Waals surface area contributed by atoms with Gasteiger partial charge in [-0.2, -0.15) is 5.26 Å². The van der Waals surface area contributed by atoms with Crippen LogP contribution in [0, 0.1) is 32.1 Å². The van der Waals surface area contributed by atoms with E-state index in [1.165, 1.54) is 0 Å². The van der Waals surface area contributed by atoms with Gasteiger partial charge in [0.15, 0.2) is 0 Å². The summed E-state index contributed by atoms with van der Waals surface area (Å²) in [5.74, 6) is -0.348. The fourth-order valence-electron chi connectivity index (χ4n) is 4.73. The molecule has 0 radical (unpaired) electrons. The van der Waals surface area contributed by atoms with Gasteiger partial charge in [-0.25, -0.2) is 0 Å². The average molecular weight is 463 g/mol. The summed E-state index contributed by atoms with van der Waals surface area (Å²) in [6, 6.07) is 11.8. The summed E-state index contributed by atoms with van der Waals surface area (Å²) in [7, 11) is 1.68. The molecular formula is C27H34N4O3. The van der Waals surface area contributed by atoms with E-state index in [1.807, 2.05) is 51.1 Å². The number of hydrogen-bond donors (Lipinski definition) is 1. The normalized spacial score (nSPS) is 15.6. The first-order valence-corrected chi connectivity index (χ1v) is 11.7.